The summed E-state index contributed by atoms with van der Waals surface area (Å²) in [6.07, 6.45) is 5.08. The molecule has 0 aromatic rings. The molecule has 0 amide bonds. The van der Waals surface area contributed by atoms with Crippen molar-refractivity contribution in [3.8, 4) is 0 Å². The van der Waals surface area contributed by atoms with Crippen LogP contribution in [0.1, 0.15) is 51.9 Å². The lowest BCUT2D eigenvalue weighted by Gasteiger charge is -2.15. The van der Waals surface area contributed by atoms with E-state index in [9.17, 15) is 9.59 Å². The van der Waals surface area contributed by atoms with Gasteiger partial charge in [-0.25, -0.2) is 0 Å². The summed E-state index contributed by atoms with van der Waals surface area (Å²) >= 11 is 0. The van der Waals surface area contributed by atoms with Gasteiger partial charge in [0.15, 0.2) is 0 Å². The molecule has 0 aromatic heterocycles. The van der Waals surface area contributed by atoms with E-state index in [0.717, 1.165) is 25.7 Å². The van der Waals surface area contributed by atoms with Gasteiger partial charge in [-0.05, 0) is 31.6 Å². The van der Waals surface area contributed by atoms with Gasteiger partial charge in [0.25, 0.3) is 0 Å². The van der Waals surface area contributed by atoms with E-state index in [2.05, 4.69) is 6.92 Å². The first-order valence-corrected chi connectivity index (χ1v) is 5.99. The highest BCUT2D eigenvalue weighted by molar-refractivity contribution is 5.76. The fraction of sp³-hybridized carbons (Fsp3) is 0.833. The molecule has 4 heteroatoms. The van der Waals surface area contributed by atoms with E-state index in [1.165, 1.54) is 6.42 Å². The summed E-state index contributed by atoms with van der Waals surface area (Å²) in [5.74, 6) is -0.615. The van der Waals surface area contributed by atoms with Crippen molar-refractivity contribution in [3.05, 3.63) is 0 Å². The van der Waals surface area contributed by atoms with Crippen LogP contribution < -0.4 is 0 Å². The number of aliphatic carboxylic acids is 1. The minimum atomic E-state index is -0.952. The van der Waals surface area contributed by atoms with Crippen LogP contribution >= 0.6 is 0 Å². The van der Waals surface area contributed by atoms with Gasteiger partial charge in [0.2, 0.25) is 0 Å². The lowest BCUT2D eigenvalue weighted by molar-refractivity contribution is -0.152. The van der Waals surface area contributed by atoms with Crippen molar-refractivity contribution in [3.63, 3.8) is 0 Å². The monoisotopic (exact) mass is 228 g/mol. The third kappa shape index (κ3) is 5.14. The quantitative estimate of drug-likeness (QED) is 0.592. The Morgan fingerprint density at radius 3 is 2.62 bits per heavy atom. The van der Waals surface area contributed by atoms with Crippen molar-refractivity contribution < 1.29 is 19.4 Å². The molecule has 0 heterocycles. The van der Waals surface area contributed by atoms with Crippen LogP contribution in [-0.2, 0) is 14.3 Å². The molecule has 0 spiro atoms. The average Bonchev–Trinajstić information content (AvgIpc) is 2.41. The third-order valence-corrected chi connectivity index (χ3v) is 3.05. The van der Waals surface area contributed by atoms with E-state index in [1.54, 1.807) is 0 Å². The predicted molar refractivity (Wildman–Crippen MR) is 59.0 cm³/mol. The number of carboxylic acids is 1. The van der Waals surface area contributed by atoms with Crippen molar-refractivity contribution >= 4 is 11.9 Å². The lowest BCUT2D eigenvalue weighted by Crippen LogP contribution is -2.18. The molecule has 1 fully saturated rings. The van der Waals surface area contributed by atoms with E-state index in [4.69, 9.17) is 9.84 Å². The molecule has 0 aromatic carbocycles. The van der Waals surface area contributed by atoms with Crippen LogP contribution in [0.15, 0.2) is 0 Å². The van der Waals surface area contributed by atoms with E-state index >= 15 is 0 Å². The molecule has 1 aliphatic carbocycles. The Balaban J connectivity index is 2.24. The molecule has 0 saturated heterocycles. The van der Waals surface area contributed by atoms with Crippen LogP contribution in [0, 0.1) is 5.92 Å². The minimum absolute atomic E-state index is 0.00578. The summed E-state index contributed by atoms with van der Waals surface area (Å²) < 4.78 is 5.27. The molecular weight excluding hydrogens is 208 g/mol. The molecule has 0 radical (unpaired) electrons. The second-order valence-corrected chi connectivity index (χ2v) is 4.62. The zero-order chi connectivity index (χ0) is 12.0. The highest BCUT2D eigenvalue weighted by atomic mass is 16.5. The van der Waals surface area contributed by atoms with Gasteiger partial charge in [0.05, 0.1) is 12.8 Å². The van der Waals surface area contributed by atoms with Crippen molar-refractivity contribution in [1.82, 2.24) is 0 Å². The van der Waals surface area contributed by atoms with Crippen molar-refractivity contribution in [2.24, 2.45) is 5.92 Å². The normalized spacial score (nSPS) is 25.8. The van der Waals surface area contributed by atoms with Crippen LogP contribution in [0.3, 0.4) is 0 Å². The second-order valence-electron chi connectivity index (χ2n) is 4.62. The van der Waals surface area contributed by atoms with Gasteiger partial charge in [-0.2, -0.15) is 0 Å². The predicted octanol–water partition coefficient (Wildman–Crippen LogP) is 2.36. The maximum atomic E-state index is 11.3. The Kier molecular flexibility index (Phi) is 5.29. The molecule has 16 heavy (non-hydrogen) atoms. The van der Waals surface area contributed by atoms with Gasteiger partial charge in [0.1, 0.15) is 6.10 Å². The number of ether oxygens (including phenoxy) is 1. The molecular formula is C12H20O4. The van der Waals surface area contributed by atoms with Crippen LogP contribution in [0.2, 0.25) is 0 Å². The first kappa shape index (κ1) is 13.0. The minimum Gasteiger partial charge on any atom is -0.481 e. The number of carbonyl (C=O) groups excluding carboxylic acids is 1. The smallest absolute Gasteiger partial charge is 0.306 e. The second kappa shape index (κ2) is 6.51. The highest BCUT2D eigenvalue weighted by Crippen LogP contribution is 2.24. The van der Waals surface area contributed by atoms with Gasteiger partial charge in [-0.1, -0.05) is 13.3 Å². The van der Waals surface area contributed by atoms with Crippen molar-refractivity contribution in [1.29, 1.82) is 0 Å². The molecule has 0 aliphatic heterocycles. The molecule has 1 saturated carbocycles. The largest absolute Gasteiger partial charge is 0.481 e. The Morgan fingerprint density at radius 2 is 1.94 bits per heavy atom. The van der Waals surface area contributed by atoms with Crippen molar-refractivity contribution in [2.45, 2.75) is 58.0 Å². The van der Waals surface area contributed by atoms with Gasteiger partial charge in [0, 0.05) is 0 Å². The van der Waals surface area contributed by atoms with Gasteiger partial charge < -0.3 is 9.84 Å². The highest BCUT2D eigenvalue weighted by Gasteiger charge is 2.19. The Hall–Kier alpha value is -1.06. The summed E-state index contributed by atoms with van der Waals surface area (Å²) in [5.41, 5.74) is 0. The van der Waals surface area contributed by atoms with Gasteiger partial charge >= 0.3 is 11.9 Å². The van der Waals surface area contributed by atoms with Gasteiger partial charge in [-0.3, -0.25) is 9.59 Å². The molecule has 2 atom stereocenters. The van der Waals surface area contributed by atoms with Crippen LogP contribution in [0.4, 0.5) is 0 Å². The first-order valence-electron chi connectivity index (χ1n) is 5.99. The molecule has 1 rings (SSSR count). The summed E-state index contributed by atoms with van der Waals surface area (Å²) in [6, 6.07) is 0. The Bertz CT molecular complexity index is 249. The fourth-order valence-corrected chi connectivity index (χ4v) is 2.02. The van der Waals surface area contributed by atoms with Crippen LogP contribution in [-0.4, -0.2) is 23.1 Å². The maximum Gasteiger partial charge on any atom is 0.306 e. The molecule has 1 N–H and O–H groups in total. The van der Waals surface area contributed by atoms with E-state index in [1.807, 2.05) is 0 Å². The van der Waals surface area contributed by atoms with E-state index in [-0.39, 0.29) is 24.9 Å². The summed E-state index contributed by atoms with van der Waals surface area (Å²) in [4.78, 5) is 21.6. The van der Waals surface area contributed by atoms with E-state index in [0.29, 0.717) is 5.92 Å². The SMILES string of the molecule is C[C@@H]1CCC[C@H](OC(=O)CCC(=O)O)CC1. The Labute approximate surface area is 96.0 Å². The number of carboxylic acid groups (broad SMARTS) is 1. The average molecular weight is 228 g/mol. The lowest BCUT2D eigenvalue weighted by atomic mass is 10.0. The van der Waals surface area contributed by atoms with E-state index < -0.39 is 5.97 Å². The number of hydrogen-bond donors (Lipinski definition) is 1. The third-order valence-electron chi connectivity index (χ3n) is 3.05. The first-order chi connectivity index (χ1) is 7.58. The Morgan fingerprint density at radius 1 is 1.19 bits per heavy atom. The summed E-state index contributed by atoms with van der Waals surface area (Å²) in [7, 11) is 0. The maximum absolute atomic E-state index is 11.3. The molecule has 4 nitrogen and oxygen atoms in total. The number of rotatable bonds is 4. The molecule has 0 unspecified atom stereocenters. The molecule has 1 aliphatic rings. The van der Waals surface area contributed by atoms with Crippen molar-refractivity contribution in [2.75, 3.05) is 0 Å². The molecule has 92 valence electrons. The zero-order valence-electron chi connectivity index (χ0n) is 9.78. The zero-order valence-corrected chi connectivity index (χ0v) is 9.78. The number of carbonyl (C=O) groups is 2. The molecule has 0 bridgehead atoms. The number of esters is 1. The number of hydrogen-bond acceptors (Lipinski definition) is 3. The van der Waals surface area contributed by atoms with Crippen LogP contribution in [0.25, 0.3) is 0 Å². The summed E-state index contributed by atoms with van der Waals surface area (Å²) in [5, 5.41) is 8.44. The van der Waals surface area contributed by atoms with Gasteiger partial charge in [-0.15, -0.1) is 0 Å². The topological polar surface area (TPSA) is 63.6 Å². The van der Waals surface area contributed by atoms with Crippen LogP contribution in [0.5, 0.6) is 0 Å². The standard InChI is InChI=1S/C12H20O4/c1-9-3-2-4-10(6-5-9)16-12(15)8-7-11(13)14/h9-10H,2-8H2,1H3,(H,13,14)/t9-,10+/m1/s1. The summed E-state index contributed by atoms with van der Waals surface area (Å²) in [6.45, 7) is 2.22. The fourth-order valence-electron chi connectivity index (χ4n) is 2.02.